The predicted molar refractivity (Wildman–Crippen MR) is 124 cm³/mol. The predicted octanol–water partition coefficient (Wildman–Crippen LogP) is 2.53. The van der Waals surface area contributed by atoms with E-state index in [4.69, 9.17) is 4.18 Å². The molecule has 1 heterocycles. The van der Waals surface area contributed by atoms with E-state index in [2.05, 4.69) is 0 Å². The number of fused-ring (bicyclic) bond motifs is 1. The minimum absolute atomic E-state index is 0.101. The minimum atomic E-state index is -4.08. The molecule has 0 atom stereocenters. The Hall–Kier alpha value is -2.54. The molecule has 0 radical (unpaired) electrons. The summed E-state index contributed by atoms with van der Waals surface area (Å²) in [4.78, 5) is 12.3. The van der Waals surface area contributed by atoms with Gasteiger partial charge in [-0.2, -0.15) is 12.7 Å². The van der Waals surface area contributed by atoms with Crippen molar-refractivity contribution in [2.24, 2.45) is 0 Å². The average Bonchev–Trinajstić information content (AvgIpc) is 2.77. The zero-order chi connectivity index (χ0) is 24.2. The summed E-state index contributed by atoms with van der Waals surface area (Å²) in [6, 6.07) is 11.3. The van der Waals surface area contributed by atoms with Crippen molar-refractivity contribution in [3.8, 4) is 0 Å². The van der Waals surface area contributed by atoms with Crippen LogP contribution in [0.4, 0.5) is 11.4 Å². The van der Waals surface area contributed by atoms with E-state index in [0.29, 0.717) is 19.4 Å². The van der Waals surface area contributed by atoms with Gasteiger partial charge in [0.1, 0.15) is 4.90 Å². The second kappa shape index (κ2) is 10.2. The van der Waals surface area contributed by atoms with Gasteiger partial charge in [-0.15, -0.1) is 0 Å². The monoisotopic (exact) mass is 497 g/mol. The molecular formula is C21H27N3O7S2. The third-order valence-electron chi connectivity index (χ3n) is 5.36. The molecule has 0 aromatic heterocycles. The first-order valence-corrected chi connectivity index (χ1v) is 13.7. The van der Waals surface area contributed by atoms with E-state index >= 15 is 0 Å². The van der Waals surface area contributed by atoms with Gasteiger partial charge < -0.3 is 4.90 Å². The van der Waals surface area contributed by atoms with Gasteiger partial charge in [-0.25, -0.2) is 8.42 Å². The lowest BCUT2D eigenvalue weighted by Crippen LogP contribution is -2.37. The number of hydrogen-bond donors (Lipinski definition) is 0. The smallest absolute Gasteiger partial charge is 0.270 e. The van der Waals surface area contributed by atoms with Crippen molar-refractivity contribution < 1.29 is 25.9 Å². The Morgan fingerprint density at radius 3 is 2.42 bits per heavy atom. The fraction of sp³-hybridized carbons (Fsp3) is 0.429. The SMILES string of the molecule is CCCN(CCOS(C)(=O)=O)c1ccc([N+](=O)[O-])cc1S(=O)(=O)N1CCc2ccccc2C1. The quantitative estimate of drug-likeness (QED) is 0.278. The Labute approximate surface area is 194 Å². The Morgan fingerprint density at radius 1 is 1.09 bits per heavy atom. The summed E-state index contributed by atoms with van der Waals surface area (Å²) in [5.74, 6) is 0. The fourth-order valence-electron chi connectivity index (χ4n) is 3.82. The molecule has 0 N–H and O–H groups in total. The maximum Gasteiger partial charge on any atom is 0.270 e. The van der Waals surface area contributed by atoms with Gasteiger partial charge in [-0.05, 0) is 30.0 Å². The second-order valence-electron chi connectivity index (χ2n) is 7.78. The normalized spacial score (nSPS) is 14.6. The van der Waals surface area contributed by atoms with Crippen molar-refractivity contribution in [1.82, 2.24) is 4.31 Å². The number of anilines is 1. The van der Waals surface area contributed by atoms with Gasteiger partial charge in [0, 0.05) is 38.3 Å². The molecule has 180 valence electrons. The van der Waals surface area contributed by atoms with E-state index in [-0.39, 0.29) is 42.5 Å². The third kappa shape index (κ3) is 6.08. The minimum Gasteiger partial charge on any atom is -0.368 e. The van der Waals surface area contributed by atoms with Crippen LogP contribution in [-0.2, 0) is 37.3 Å². The van der Waals surface area contributed by atoms with Crippen molar-refractivity contribution in [3.05, 3.63) is 63.7 Å². The van der Waals surface area contributed by atoms with Gasteiger partial charge in [0.05, 0.1) is 23.5 Å². The number of non-ortho nitro benzene ring substituents is 1. The average molecular weight is 498 g/mol. The highest BCUT2D eigenvalue weighted by Gasteiger charge is 2.33. The van der Waals surface area contributed by atoms with E-state index in [1.807, 2.05) is 31.2 Å². The van der Waals surface area contributed by atoms with Crippen molar-refractivity contribution in [2.75, 3.05) is 37.4 Å². The molecule has 0 fully saturated rings. The molecule has 0 unspecified atom stereocenters. The number of benzene rings is 2. The van der Waals surface area contributed by atoms with Gasteiger partial charge in [0.15, 0.2) is 0 Å². The van der Waals surface area contributed by atoms with E-state index in [1.165, 1.54) is 16.4 Å². The summed E-state index contributed by atoms with van der Waals surface area (Å²) in [5, 5.41) is 11.4. The van der Waals surface area contributed by atoms with E-state index in [0.717, 1.165) is 23.4 Å². The van der Waals surface area contributed by atoms with Crippen LogP contribution in [0.25, 0.3) is 0 Å². The van der Waals surface area contributed by atoms with Crippen LogP contribution in [0.2, 0.25) is 0 Å². The Balaban J connectivity index is 2.01. The van der Waals surface area contributed by atoms with Crippen LogP contribution in [0, 0.1) is 10.1 Å². The van der Waals surface area contributed by atoms with Gasteiger partial charge in [-0.3, -0.25) is 14.3 Å². The van der Waals surface area contributed by atoms with Gasteiger partial charge in [-0.1, -0.05) is 31.2 Å². The second-order valence-corrected chi connectivity index (χ2v) is 11.3. The lowest BCUT2D eigenvalue weighted by Gasteiger charge is -2.31. The molecular weight excluding hydrogens is 470 g/mol. The Bertz CT molecular complexity index is 1230. The van der Waals surface area contributed by atoms with Gasteiger partial charge in [0.25, 0.3) is 15.8 Å². The maximum atomic E-state index is 13.7. The summed E-state index contributed by atoms with van der Waals surface area (Å²) < 4.78 is 56.2. The molecule has 1 aliphatic rings. The summed E-state index contributed by atoms with van der Waals surface area (Å²) in [7, 11) is -7.74. The number of nitro groups is 1. The summed E-state index contributed by atoms with van der Waals surface area (Å²) >= 11 is 0. The molecule has 0 bridgehead atoms. The lowest BCUT2D eigenvalue weighted by molar-refractivity contribution is -0.385. The zero-order valence-electron chi connectivity index (χ0n) is 18.5. The third-order valence-corrected chi connectivity index (χ3v) is 7.83. The topological polar surface area (TPSA) is 127 Å². The number of nitro benzene ring substituents is 1. The fourth-order valence-corrected chi connectivity index (χ4v) is 5.85. The van der Waals surface area contributed by atoms with Crippen molar-refractivity contribution in [1.29, 1.82) is 0 Å². The molecule has 0 amide bonds. The summed E-state index contributed by atoms with van der Waals surface area (Å²) in [6.45, 7) is 2.66. The largest absolute Gasteiger partial charge is 0.368 e. The first kappa shape index (κ1) is 25.1. The molecule has 0 saturated heterocycles. The molecule has 1 aliphatic heterocycles. The molecule has 12 heteroatoms. The van der Waals surface area contributed by atoms with Gasteiger partial charge >= 0.3 is 0 Å². The van der Waals surface area contributed by atoms with Crippen molar-refractivity contribution in [3.63, 3.8) is 0 Å². The Kier molecular flexibility index (Phi) is 7.73. The highest BCUT2D eigenvalue weighted by molar-refractivity contribution is 7.89. The molecule has 0 saturated carbocycles. The zero-order valence-corrected chi connectivity index (χ0v) is 20.1. The van der Waals surface area contributed by atoms with Crippen molar-refractivity contribution in [2.45, 2.75) is 31.2 Å². The molecule has 10 nitrogen and oxygen atoms in total. The van der Waals surface area contributed by atoms with E-state index < -0.39 is 25.1 Å². The van der Waals surface area contributed by atoms with Crippen LogP contribution in [0.5, 0.6) is 0 Å². The van der Waals surface area contributed by atoms with Crippen LogP contribution < -0.4 is 4.90 Å². The Morgan fingerprint density at radius 2 is 1.79 bits per heavy atom. The number of nitrogens with zero attached hydrogens (tertiary/aromatic N) is 3. The first-order chi connectivity index (χ1) is 15.5. The van der Waals surface area contributed by atoms with Gasteiger partial charge in [0.2, 0.25) is 10.0 Å². The molecule has 2 aromatic carbocycles. The molecule has 3 rings (SSSR count). The van der Waals surface area contributed by atoms with Crippen LogP contribution in [-0.4, -0.2) is 58.6 Å². The lowest BCUT2D eigenvalue weighted by atomic mass is 10.0. The first-order valence-electron chi connectivity index (χ1n) is 10.5. The summed E-state index contributed by atoms with van der Waals surface area (Å²) in [5.41, 5.74) is 1.91. The van der Waals surface area contributed by atoms with E-state index in [9.17, 15) is 26.9 Å². The van der Waals surface area contributed by atoms with E-state index in [1.54, 1.807) is 4.90 Å². The maximum absolute atomic E-state index is 13.7. The molecule has 0 aliphatic carbocycles. The number of rotatable bonds is 10. The van der Waals surface area contributed by atoms with Crippen LogP contribution >= 0.6 is 0 Å². The highest BCUT2D eigenvalue weighted by atomic mass is 32.2. The summed E-state index contributed by atoms with van der Waals surface area (Å²) in [6.07, 6.45) is 2.13. The number of sulfonamides is 1. The number of hydrogen-bond acceptors (Lipinski definition) is 8. The van der Waals surface area contributed by atoms with Crippen LogP contribution in [0.15, 0.2) is 47.4 Å². The standard InChI is InChI=1S/C21H27N3O7S2/c1-3-11-22(13-14-31-32(2,27)28)20-9-8-19(24(25)26)15-21(20)33(29,30)23-12-10-17-6-4-5-7-18(17)16-23/h4-9,15H,3,10-14,16H2,1-2H3. The molecule has 2 aromatic rings. The molecule has 0 spiro atoms. The highest BCUT2D eigenvalue weighted by Crippen LogP contribution is 2.34. The molecule has 33 heavy (non-hydrogen) atoms. The van der Waals surface area contributed by atoms with Crippen molar-refractivity contribution >= 4 is 31.5 Å². The van der Waals surface area contributed by atoms with Crippen LogP contribution in [0.3, 0.4) is 0 Å². The van der Waals surface area contributed by atoms with Crippen LogP contribution in [0.1, 0.15) is 24.5 Å².